The van der Waals surface area contributed by atoms with E-state index in [1.807, 2.05) is 12.1 Å². The van der Waals surface area contributed by atoms with Gasteiger partial charge in [0.2, 0.25) is 0 Å². The van der Waals surface area contributed by atoms with E-state index in [1.165, 1.54) is 5.56 Å². The summed E-state index contributed by atoms with van der Waals surface area (Å²) in [6.45, 7) is 6.34. The monoisotopic (exact) mass is 280 g/mol. The fourth-order valence-electron chi connectivity index (χ4n) is 1.89. The van der Waals surface area contributed by atoms with Crippen molar-refractivity contribution in [2.45, 2.75) is 19.9 Å². The van der Waals surface area contributed by atoms with E-state index in [-0.39, 0.29) is 0 Å². The smallest absolute Gasteiger partial charge is 0.122 e. The summed E-state index contributed by atoms with van der Waals surface area (Å²) in [6, 6.07) is 4.01. The Morgan fingerprint density at radius 3 is 2.63 bits per heavy atom. The second-order valence-corrected chi connectivity index (χ2v) is 5.43. The van der Waals surface area contributed by atoms with Crippen LogP contribution < -0.4 is 5.73 Å². The lowest BCUT2D eigenvalue weighted by atomic mass is 10.2. The number of hydrogen-bond donors (Lipinski definition) is 1. The van der Waals surface area contributed by atoms with Crippen molar-refractivity contribution in [3.63, 3.8) is 0 Å². The molecule has 0 aromatic carbocycles. The fraction of sp³-hybridized carbons (Fsp3) is 0.571. The molecule has 0 fully saturated rings. The van der Waals surface area contributed by atoms with Crippen molar-refractivity contribution in [1.29, 1.82) is 0 Å². The molecule has 0 atom stereocenters. The van der Waals surface area contributed by atoms with E-state index in [1.54, 1.807) is 6.20 Å². The third-order valence-electron chi connectivity index (χ3n) is 2.89. The van der Waals surface area contributed by atoms with Crippen LogP contribution in [0.25, 0.3) is 0 Å². The van der Waals surface area contributed by atoms with Gasteiger partial charge in [-0.1, -0.05) is 19.1 Å². The zero-order valence-electron chi connectivity index (χ0n) is 12.1. The number of likely N-dealkylation sites (N-methyl/N-ethyl adjacent to an activating group) is 1. The zero-order chi connectivity index (χ0) is 14.3. The third kappa shape index (κ3) is 6.09. The lowest BCUT2D eigenvalue weighted by Gasteiger charge is -2.23. The summed E-state index contributed by atoms with van der Waals surface area (Å²) >= 11 is 4.97. The average molecular weight is 280 g/mol. The van der Waals surface area contributed by atoms with Gasteiger partial charge in [0.15, 0.2) is 0 Å². The van der Waals surface area contributed by atoms with E-state index in [9.17, 15) is 0 Å². The Labute approximate surface area is 121 Å². The van der Waals surface area contributed by atoms with E-state index < -0.39 is 0 Å². The van der Waals surface area contributed by atoms with Gasteiger partial charge < -0.3 is 10.6 Å². The zero-order valence-corrected chi connectivity index (χ0v) is 12.9. The van der Waals surface area contributed by atoms with Crippen molar-refractivity contribution in [3.05, 3.63) is 29.6 Å². The maximum Gasteiger partial charge on any atom is 0.122 e. The first-order chi connectivity index (χ1) is 9.02. The van der Waals surface area contributed by atoms with Gasteiger partial charge in [0.25, 0.3) is 0 Å². The van der Waals surface area contributed by atoms with Crippen LogP contribution in [0.1, 0.15) is 24.6 Å². The molecule has 106 valence electrons. The van der Waals surface area contributed by atoms with Crippen molar-refractivity contribution in [3.8, 4) is 0 Å². The van der Waals surface area contributed by atoms with E-state index in [2.05, 4.69) is 35.8 Å². The van der Waals surface area contributed by atoms with Crippen LogP contribution in [0.3, 0.4) is 0 Å². The van der Waals surface area contributed by atoms with E-state index >= 15 is 0 Å². The first-order valence-electron chi connectivity index (χ1n) is 6.64. The molecule has 0 saturated carbocycles. The van der Waals surface area contributed by atoms with Crippen LogP contribution in [0.4, 0.5) is 0 Å². The molecule has 5 heteroatoms. The number of hydrogen-bond acceptors (Lipinski definition) is 4. The van der Waals surface area contributed by atoms with Gasteiger partial charge in [-0.05, 0) is 44.8 Å². The molecule has 0 saturated heterocycles. The molecule has 4 nitrogen and oxygen atoms in total. The Bertz CT molecular complexity index is 406. The average Bonchev–Trinajstić information content (AvgIpc) is 2.36. The Kier molecular flexibility index (Phi) is 6.91. The van der Waals surface area contributed by atoms with Crippen LogP contribution in [-0.4, -0.2) is 53.5 Å². The minimum atomic E-state index is 0.359. The highest BCUT2D eigenvalue weighted by molar-refractivity contribution is 7.80. The first-order valence-corrected chi connectivity index (χ1v) is 7.05. The predicted octanol–water partition coefficient (Wildman–Crippen LogP) is 1.49. The van der Waals surface area contributed by atoms with Crippen molar-refractivity contribution in [2.24, 2.45) is 5.73 Å². The SMILES string of the molecule is CCCN(CCN(C)C)Cc1ccnc(C(N)=S)c1. The molecular formula is C14H24N4S. The standard InChI is InChI=1S/C14H24N4S/c1-4-7-18(9-8-17(2)3)11-12-5-6-16-13(10-12)14(15)19/h5-6,10H,4,7-9,11H2,1-3H3,(H2,15,19). The fourth-order valence-corrected chi connectivity index (χ4v) is 2.00. The maximum absolute atomic E-state index is 5.62. The Morgan fingerprint density at radius 2 is 2.05 bits per heavy atom. The minimum absolute atomic E-state index is 0.359. The Morgan fingerprint density at radius 1 is 1.32 bits per heavy atom. The van der Waals surface area contributed by atoms with Gasteiger partial charge in [0.05, 0.1) is 5.69 Å². The molecule has 2 N–H and O–H groups in total. The molecule has 0 radical (unpaired) electrons. The minimum Gasteiger partial charge on any atom is -0.388 e. The summed E-state index contributed by atoms with van der Waals surface area (Å²) in [5.74, 6) is 0. The van der Waals surface area contributed by atoms with Crippen molar-refractivity contribution in [1.82, 2.24) is 14.8 Å². The molecule has 0 unspecified atom stereocenters. The number of nitrogens with zero attached hydrogens (tertiary/aromatic N) is 3. The van der Waals surface area contributed by atoms with Gasteiger partial charge in [-0.2, -0.15) is 0 Å². The van der Waals surface area contributed by atoms with Crippen LogP contribution in [0.5, 0.6) is 0 Å². The molecule has 1 aromatic rings. The van der Waals surface area contributed by atoms with Crippen molar-refractivity contribution < 1.29 is 0 Å². The summed E-state index contributed by atoms with van der Waals surface area (Å²) in [4.78, 5) is 9.18. The van der Waals surface area contributed by atoms with Crippen LogP contribution in [0, 0.1) is 0 Å². The van der Waals surface area contributed by atoms with Crippen molar-refractivity contribution >= 4 is 17.2 Å². The number of thiocarbonyl (C=S) groups is 1. The summed E-state index contributed by atoms with van der Waals surface area (Å²) in [6.07, 6.45) is 2.93. The number of nitrogens with two attached hydrogens (primary N) is 1. The van der Waals surface area contributed by atoms with Crippen LogP contribution >= 0.6 is 12.2 Å². The highest BCUT2D eigenvalue weighted by atomic mass is 32.1. The summed E-state index contributed by atoms with van der Waals surface area (Å²) in [7, 11) is 4.20. The number of pyridine rings is 1. The van der Waals surface area contributed by atoms with Gasteiger partial charge in [0.1, 0.15) is 4.99 Å². The van der Waals surface area contributed by atoms with Gasteiger partial charge in [-0.15, -0.1) is 0 Å². The first kappa shape index (κ1) is 16.0. The lowest BCUT2D eigenvalue weighted by molar-refractivity contribution is 0.234. The molecule has 0 aliphatic heterocycles. The van der Waals surface area contributed by atoms with E-state index in [0.717, 1.165) is 32.6 Å². The molecule has 0 aliphatic carbocycles. The molecule has 1 rings (SSSR count). The van der Waals surface area contributed by atoms with Crippen LogP contribution in [0.2, 0.25) is 0 Å². The third-order valence-corrected chi connectivity index (χ3v) is 3.10. The Hall–Kier alpha value is -1.04. The van der Waals surface area contributed by atoms with Gasteiger partial charge >= 0.3 is 0 Å². The molecule has 0 aliphatic rings. The highest BCUT2D eigenvalue weighted by Crippen LogP contribution is 2.07. The Balaban J connectivity index is 2.67. The molecule has 19 heavy (non-hydrogen) atoms. The summed E-state index contributed by atoms with van der Waals surface area (Å²) in [5, 5.41) is 0. The maximum atomic E-state index is 5.62. The highest BCUT2D eigenvalue weighted by Gasteiger charge is 2.07. The quantitative estimate of drug-likeness (QED) is 0.731. The van der Waals surface area contributed by atoms with Crippen LogP contribution in [-0.2, 0) is 6.54 Å². The largest absolute Gasteiger partial charge is 0.388 e. The predicted molar refractivity (Wildman–Crippen MR) is 84.2 cm³/mol. The molecular weight excluding hydrogens is 256 g/mol. The van der Waals surface area contributed by atoms with Gasteiger partial charge in [-0.25, -0.2) is 0 Å². The van der Waals surface area contributed by atoms with E-state index in [0.29, 0.717) is 10.7 Å². The lowest BCUT2D eigenvalue weighted by Crippen LogP contribution is -2.32. The number of aromatic nitrogens is 1. The summed E-state index contributed by atoms with van der Waals surface area (Å²) < 4.78 is 0. The van der Waals surface area contributed by atoms with Gasteiger partial charge in [0, 0.05) is 25.8 Å². The normalized spacial score (nSPS) is 11.2. The molecule has 0 amide bonds. The van der Waals surface area contributed by atoms with Crippen molar-refractivity contribution in [2.75, 3.05) is 33.7 Å². The molecule has 0 bridgehead atoms. The second kappa shape index (κ2) is 8.19. The summed E-state index contributed by atoms with van der Waals surface area (Å²) in [5.41, 5.74) is 7.54. The van der Waals surface area contributed by atoms with Crippen LogP contribution in [0.15, 0.2) is 18.3 Å². The van der Waals surface area contributed by atoms with Gasteiger partial charge in [-0.3, -0.25) is 9.88 Å². The van der Waals surface area contributed by atoms with E-state index in [4.69, 9.17) is 18.0 Å². The number of rotatable bonds is 8. The molecule has 0 spiro atoms. The second-order valence-electron chi connectivity index (χ2n) is 4.99. The molecule has 1 heterocycles. The molecule has 1 aromatic heterocycles. The topological polar surface area (TPSA) is 45.4 Å².